The molecule has 1 unspecified atom stereocenters. The Morgan fingerprint density at radius 2 is 2.05 bits per heavy atom. The minimum atomic E-state index is -0.964. The maximum atomic E-state index is 16.4. The number of carboxylic acid groups (broad SMARTS) is 1. The molecule has 4 aromatic rings. The molecule has 1 amide bonds. The van der Waals surface area contributed by atoms with Crippen molar-refractivity contribution < 1.29 is 23.8 Å². The quantitative estimate of drug-likeness (QED) is 0.418. The third-order valence-corrected chi connectivity index (χ3v) is 7.94. The second-order valence-electron chi connectivity index (χ2n) is 10.1. The highest BCUT2D eigenvalue weighted by atomic mass is 19.1. The molecule has 3 aliphatic heterocycles. The largest absolute Gasteiger partial charge is 0.490 e. The SMILES string of the molecule is Cc1ccc2c(ncn2C2CCCCO2)c1-c1cc2c3c(ncnc3c1F)N1CCN(C(=O)O)C[C@H]1CO2. The zero-order valence-corrected chi connectivity index (χ0v) is 20.9. The van der Waals surface area contributed by atoms with E-state index in [1.165, 1.54) is 11.2 Å². The second-order valence-corrected chi connectivity index (χ2v) is 10.1. The Morgan fingerprint density at radius 1 is 1.16 bits per heavy atom. The summed E-state index contributed by atoms with van der Waals surface area (Å²) in [4.78, 5) is 28.5. The highest BCUT2D eigenvalue weighted by Gasteiger charge is 2.36. The van der Waals surface area contributed by atoms with E-state index >= 15 is 4.39 Å². The zero-order valence-electron chi connectivity index (χ0n) is 20.9. The molecule has 10 nitrogen and oxygen atoms in total. The van der Waals surface area contributed by atoms with Crippen LogP contribution in [0.1, 0.15) is 31.1 Å². The van der Waals surface area contributed by atoms with Crippen LogP contribution in [0.5, 0.6) is 5.75 Å². The molecule has 196 valence electrons. The Bertz CT molecular complexity index is 1580. The van der Waals surface area contributed by atoms with Gasteiger partial charge in [-0.25, -0.2) is 24.1 Å². The zero-order chi connectivity index (χ0) is 26.0. The fraction of sp³-hybridized carbons (Fsp3) is 0.407. The number of anilines is 1. The summed E-state index contributed by atoms with van der Waals surface area (Å²) in [7, 11) is 0. The van der Waals surface area contributed by atoms with Crippen LogP contribution in [-0.4, -0.2) is 74.5 Å². The number of fused-ring (bicyclic) bond motifs is 3. The van der Waals surface area contributed by atoms with Crippen molar-refractivity contribution in [2.24, 2.45) is 0 Å². The van der Waals surface area contributed by atoms with Crippen molar-refractivity contribution in [2.45, 2.75) is 38.5 Å². The number of halogens is 1. The summed E-state index contributed by atoms with van der Waals surface area (Å²) in [5, 5.41) is 10.0. The van der Waals surface area contributed by atoms with Gasteiger partial charge in [0.2, 0.25) is 0 Å². The highest BCUT2D eigenvalue weighted by Crippen LogP contribution is 2.44. The first-order valence-corrected chi connectivity index (χ1v) is 12.9. The van der Waals surface area contributed by atoms with Gasteiger partial charge in [-0.1, -0.05) is 6.07 Å². The Balaban J connectivity index is 1.38. The van der Waals surface area contributed by atoms with Gasteiger partial charge >= 0.3 is 6.09 Å². The molecule has 0 spiro atoms. The van der Waals surface area contributed by atoms with E-state index in [9.17, 15) is 9.90 Å². The summed E-state index contributed by atoms with van der Waals surface area (Å²) in [5.41, 5.74) is 3.70. The molecule has 11 heteroatoms. The van der Waals surface area contributed by atoms with Gasteiger partial charge in [0.15, 0.2) is 5.82 Å². The van der Waals surface area contributed by atoms with Gasteiger partial charge in [0, 0.05) is 37.4 Å². The van der Waals surface area contributed by atoms with Crippen LogP contribution in [0.15, 0.2) is 30.9 Å². The molecule has 7 rings (SSSR count). The first-order valence-electron chi connectivity index (χ1n) is 12.9. The number of rotatable bonds is 2. The lowest BCUT2D eigenvalue weighted by Gasteiger charge is -2.39. The maximum Gasteiger partial charge on any atom is 0.407 e. The van der Waals surface area contributed by atoms with E-state index in [2.05, 4.69) is 9.97 Å². The molecule has 0 saturated carbocycles. The lowest BCUT2D eigenvalue weighted by Crippen LogP contribution is -2.56. The number of piperazine rings is 1. The van der Waals surface area contributed by atoms with Crippen molar-refractivity contribution >= 4 is 33.8 Å². The number of aromatic nitrogens is 4. The maximum absolute atomic E-state index is 16.4. The average Bonchev–Trinajstić information content (AvgIpc) is 3.30. The van der Waals surface area contributed by atoms with Crippen molar-refractivity contribution in [3.05, 3.63) is 42.2 Å². The number of hydrogen-bond acceptors (Lipinski definition) is 7. The fourth-order valence-corrected chi connectivity index (χ4v) is 6.03. The smallest absolute Gasteiger partial charge is 0.407 e. The lowest BCUT2D eigenvalue weighted by molar-refractivity contribution is -0.0295. The van der Waals surface area contributed by atoms with Crippen molar-refractivity contribution in [3.8, 4) is 16.9 Å². The minimum Gasteiger partial charge on any atom is -0.490 e. The Hall–Kier alpha value is -3.99. The molecule has 0 bridgehead atoms. The van der Waals surface area contributed by atoms with Crippen LogP contribution < -0.4 is 9.64 Å². The van der Waals surface area contributed by atoms with Gasteiger partial charge < -0.3 is 28.9 Å². The average molecular weight is 519 g/mol. The monoisotopic (exact) mass is 518 g/mol. The van der Waals surface area contributed by atoms with E-state index in [0.29, 0.717) is 53.3 Å². The number of amides is 1. The van der Waals surface area contributed by atoms with E-state index in [-0.39, 0.29) is 30.9 Å². The molecular weight excluding hydrogens is 491 g/mol. The van der Waals surface area contributed by atoms with Crippen LogP contribution in [0.25, 0.3) is 33.1 Å². The number of imidazole rings is 1. The number of nitrogens with zero attached hydrogens (tertiary/aromatic N) is 6. The Morgan fingerprint density at radius 3 is 2.87 bits per heavy atom. The summed E-state index contributed by atoms with van der Waals surface area (Å²) >= 11 is 0. The lowest BCUT2D eigenvalue weighted by atomic mass is 9.96. The van der Waals surface area contributed by atoms with E-state index in [1.54, 1.807) is 12.4 Å². The van der Waals surface area contributed by atoms with Gasteiger partial charge in [-0.3, -0.25) is 0 Å². The third-order valence-electron chi connectivity index (χ3n) is 7.94. The van der Waals surface area contributed by atoms with Crippen LogP contribution in [0.4, 0.5) is 15.0 Å². The predicted molar refractivity (Wildman–Crippen MR) is 138 cm³/mol. The van der Waals surface area contributed by atoms with Gasteiger partial charge in [-0.2, -0.15) is 0 Å². The van der Waals surface area contributed by atoms with Crippen molar-refractivity contribution in [1.82, 2.24) is 24.4 Å². The molecule has 0 radical (unpaired) electrons. The molecule has 3 aliphatic rings. The van der Waals surface area contributed by atoms with Crippen LogP contribution in [-0.2, 0) is 4.74 Å². The second kappa shape index (κ2) is 8.80. The predicted octanol–water partition coefficient (Wildman–Crippen LogP) is 4.35. The Labute approximate surface area is 217 Å². The molecule has 2 atom stereocenters. The molecule has 2 fully saturated rings. The van der Waals surface area contributed by atoms with E-state index in [0.717, 1.165) is 30.3 Å². The van der Waals surface area contributed by atoms with Gasteiger partial charge in [0.1, 0.15) is 36.2 Å². The van der Waals surface area contributed by atoms with Crippen molar-refractivity contribution in [2.75, 3.05) is 37.7 Å². The van der Waals surface area contributed by atoms with E-state index in [1.807, 2.05) is 28.5 Å². The number of benzene rings is 2. The first-order chi connectivity index (χ1) is 18.5. The summed E-state index contributed by atoms with van der Waals surface area (Å²) in [6.45, 7) is 3.96. The highest BCUT2D eigenvalue weighted by molar-refractivity contribution is 6.02. The topological polar surface area (TPSA) is 106 Å². The summed E-state index contributed by atoms with van der Waals surface area (Å²) in [6.07, 6.45) is 5.14. The summed E-state index contributed by atoms with van der Waals surface area (Å²) in [5.74, 6) is 0.587. The van der Waals surface area contributed by atoms with Gasteiger partial charge in [0.05, 0.1) is 28.8 Å². The first kappa shape index (κ1) is 23.2. The molecule has 5 heterocycles. The molecule has 38 heavy (non-hydrogen) atoms. The fourth-order valence-electron chi connectivity index (χ4n) is 6.03. The Kier molecular flexibility index (Phi) is 5.36. The standard InChI is InChI=1S/C27H27FN6O4/c1-15-5-6-18-24(31-14-34(18)20-4-2-3-9-37-20)21(15)17-10-19-22-25(23(17)28)29-13-30-26(22)33-8-7-32(27(35)36)11-16(33)12-38-19/h5-6,10,13-14,16,20H,2-4,7-9,11-12H2,1H3,(H,35,36)/t16-,20?/m0/s1. The summed E-state index contributed by atoms with van der Waals surface area (Å²) in [6, 6.07) is 5.46. The van der Waals surface area contributed by atoms with Gasteiger partial charge in [-0.15, -0.1) is 0 Å². The van der Waals surface area contributed by atoms with E-state index in [4.69, 9.17) is 14.5 Å². The molecule has 2 saturated heterocycles. The van der Waals surface area contributed by atoms with Crippen LogP contribution in [0.2, 0.25) is 0 Å². The molecule has 0 aliphatic carbocycles. The minimum absolute atomic E-state index is 0.0863. The molecule has 2 aromatic heterocycles. The normalized spacial score (nSPS) is 21.3. The van der Waals surface area contributed by atoms with Crippen molar-refractivity contribution in [3.63, 3.8) is 0 Å². The van der Waals surface area contributed by atoms with Crippen molar-refractivity contribution in [1.29, 1.82) is 0 Å². The summed E-state index contributed by atoms with van der Waals surface area (Å²) < 4.78 is 30.6. The van der Waals surface area contributed by atoms with Crippen LogP contribution >= 0.6 is 0 Å². The molecule has 2 aromatic carbocycles. The number of ether oxygens (including phenoxy) is 2. The van der Waals surface area contributed by atoms with Crippen LogP contribution in [0.3, 0.4) is 0 Å². The molecular formula is C27H27FN6O4. The number of aryl methyl sites for hydroxylation is 1. The number of carbonyl (C=O) groups is 1. The van der Waals surface area contributed by atoms with Gasteiger partial charge in [-0.05, 0) is 43.9 Å². The van der Waals surface area contributed by atoms with Gasteiger partial charge in [0.25, 0.3) is 0 Å². The third kappa shape index (κ3) is 3.48. The molecule has 1 N–H and O–H groups in total. The van der Waals surface area contributed by atoms with Crippen LogP contribution in [0, 0.1) is 12.7 Å². The number of hydrogen-bond donors (Lipinski definition) is 1. The van der Waals surface area contributed by atoms with E-state index < -0.39 is 11.9 Å².